The van der Waals surface area contributed by atoms with Crippen molar-refractivity contribution in [3.05, 3.63) is 72.9 Å². The zero-order chi connectivity index (χ0) is 76.7. The lowest BCUT2D eigenvalue weighted by molar-refractivity contribution is -0.379. The van der Waals surface area contributed by atoms with Gasteiger partial charge in [-0.25, -0.2) is 0 Å². The molecule has 0 bridgehead atoms. The average Bonchev–Trinajstić information content (AvgIpc) is 0.779. The summed E-state index contributed by atoms with van der Waals surface area (Å²) in [4.78, 5) is 13.5. The third-order valence-electron chi connectivity index (χ3n) is 21.3. The molecule has 12 N–H and O–H groups in total. The van der Waals surface area contributed by atoms with Crippen LogP contribution in [-0.4, -0.2) is 193 Å². The lowest BCUT2D eigenvalue weighted by Gasteiger charge is -2.48. The SMILES string of the molecule is CC/C=C\C/C=C\C/C=C\C/C=C\C/C=C\CCCCCCCCCCCCCCCCCCCCCC(=O)NC(COC1OC(CO)C(OC2OC(CO)C(OC3OC(CO)C(O)C(O)C3O)C(O)C2O)C(O)C1O)C(O)/C=C/CCCCCCCCCCCCCCCCCCCCCCCCCC. The number of aliphatic hydroxyl groups excluding tert-OH is 11. The first-order valence-electron chi connectivity index (χ1n) is 43.2. The van der Waals surface area contributed by atoms with E-state index in [1.54, 1.807) is 6.08 Å². The van der Waals surface area contributed by atoms with Crippen molar-refractivity contribution in [2.45, 2.75) is 446 Å². The van der Waals surface area contributed by atoms with Crippen LogP contribution in [0, 0.1) is 0 Å². The van der Waals surface area contributed by atoms with E-state index < -0.39 is 124 Å². The fourth-order valence-electron chi connectivity index (χ4n) is 14.4. The average molecular weight is 1510 g/mol. The summed E-state index contributed by atoms with van der Waals surface area (Å²) in [5.74, 6) is -0.271. The van der Waals surface area contributed by atoms with Crippen molar-refractivity contribution < 1.29 is 89.4 Å². The number of nitrogens with one attached hydrogen (secondary N) is 1. The number of hydrogen-bond acceptors (Lipinski definition) is 18. The minimum atomic E-state index is -1.98. The highest BCUT2D eigenvalue weighted by Gasteiger charge is 2.54. The quantitative estimate of drug-likeness (QED) is 0.0199. The highest BCUT2D eigenvalue weighted by atomic mass is 16.8. The van der Waals surface area contributed by atoms with E-state index >= 15 is 0 Å². The zero-order valence-electron chi connectivity index (χ0n) is 66.4. The molecule has 3 fully saturated rings. The van der Waals surface area contributed by atoms with Crippen molar-refractivity contribution in [3.63, 3.8) is 0 Å². The molecule has 19 heteroatoms. The van der Waals surface area contributed by atoms with Crippen LogP contribution in [0.15, 0.2) is 72.9 Å². The summed E-state index contributed by atoms with van der Waals surface area (Å²) in [6.45, 7) is 1.67. The van der Waals surface area contributed by atoms with E-state index in [0.717, 1.165) is 77.0 Å². The Kier molecular flexibility index (Phi) is 61.4. The maximum absolute atomic E-state index is 13.5. The number of rotatable bonds is 69. The van der Waals surface area contributed by atoms with E-state index in [2.05, 4.69) is 79.9 Å². The molecule has 3 saturated heterocycles. The molecule has 0 aliphatic carbocycles. The third-order valence-corrected chi connectivity index (χ3v) is 21.3. The molecule has 0 saturated carbocycles. The van der Waals surface area contributed by atoms with Gasteiger partial charge >= 0.3 is 0 Å². The van der Waals surface area contributed by atoms with Crippen LogP contribution in [-0.2, 0) is 33.2 Å². The molecule has 618 valence electrons. The Bertz CT molecular complexity index is 2190. The number of allylic oxidation sites excluding steroid dienone is 11. The fraction of sp³-hybridized carbons (Fsp3) is 0.851. The van der Waals surface area contributed by atoms with Gasteiger partial charge in [0.05, 0.1) is 38.6 Å². The highest BCUT2D eigenvalue weighted by molar-refractivity contribution is 5.76. The van der Waals surface area contributed by atoms with Crippen LogP contribution in [0.4, 0.5) is 0 Å². The normalized spacial score (nSPS) is 26.0. The Morgan fingerprint density at radius 3 is 1.02 bits per heavy atom. The maximum Gasteiger partial charge on any atom is 0.220 e. The van der Waals surface area contributed by atoms with Crippen LogP contribution in [0.1, 0.15) is 341 Å². The number of hydrogen-bond donors (Lipinski definition) is 12. The Balaban J connectivity index is 1.34. The molecule has 19 nitrogen and oxygen atoms in total. The lowest BCUT2D eigenvalue weighted by Crippen LogP contribution is -2.66. The minimum Gasteiger partial charge on any atom is -0.394 e. The Hall–Kier alpha value is -2.77. The molecule has 3 heterocycles. The molecule has 3 rings (SSSR count). The van der Waals surface area contributed by atoms with Gasteiger partial charge in [-0.3, -0.25) is 4.79 Å². The van der Waals surface area contributed by atoms with Crippen molar-refractivity contribution in [1.82, 2.24) is 5.32 Å². The topological polar surface area (TPSA) is 307 Å². The van der Waals surface area contributed by atoms with Gasteiger partial charge in [0, 0.05) is 6.42 Å². The van der Waals surface area contributed by atoms with Crippen molar-refractivity contribution in [3.8, 4) is 0 Å². The number of carbonyl (C=O) groups is 1. The summed E-state index contributed by atoms with van der Waals surface area (Å²) in [5.41, 5.74) is 0. The van der Waals surface area contributed by atoms with Gasteiger partial charge in [0.1, 0.15) is 73.2 Å². The van der Waals surface area contributed by atoms with Crippen molar-refractivity contribution in [2.75, 3.05) is 26.4 Å². The lowest BCUT2D eigenvalue weighted by atomic mass is 9.96. The molecular weight excluding hydrogens is 1350 g/mol. The largest absolute Gasteiger partial charge is 0.394 e. The first-order chi connectivity index (χ1) is 51.8. The second-order valence-corrected chi connectivity index (χ2v) is 30.6. The van der Waals surface area contributed by atoms with Crippen LogP contribution in [0.25, 0.3) is 0 Å². The summed E-state index contributed by atoms with van der Waals surface area (Å²) in [6.07, 6.45) is 61.8. The van der Waals surface area contributed by atoms with Gasteiger partial charge in [-0.05, 0) is 64.2 Å². The van der Waals surface area contributed by atoms with E-state index in [1.807, 2.05) is 6.08 Å². The smallest absolute Gasteiger partial charge is 0.220 e. The van der Waals surface area contributed by atoms with E-state index in [9.17, 15) is 61.0 Å². The Morgan fingerprint density at radius 2 is 0.651 bits per heavy atom. The molecular formula is C87H157NO18. The number of aliphatic hydroxyl groups is 11. The molecule has 0 aromatic heterocycles. The van der Waals surface area contributed by atoms with Crippen LogP contribution >= 0.6 is 0 Å². The van der Waals surface area contributed by atoms with Crippen molar-refractivity contribution >= 4 is 5.91 Å². The summed E-state index contributed by atoms with van der Waals surface area (Å²) in [7, 11) is 0. The number of carbonyl (C=O) groups excluding carboxylic acids is 1. The summed E-state index contributed by atoms with van der Waals surface area (Å²) in [6, 6.07) is -0.976. The van der Waals surface area contributed by atoms with E-state index in [-0.39, 0.29) is 18.9 Å². The van der Waals surface area contributed by atoms with Gasteiger partial charge in [0.15, 0.2) is 18.9 Å². The van der Waals surface area contributed by atoms with Gasteiger partial charge in [-0.15, -0.1) is 0 Å². The molecule has 0 aromatic carbocycles. The molecule has 3 aliphatic heterocycles. The van der Waals surface area contributed by atoms with Crippen molar-refractivity contribution in [2.24, 2.45) is 0 Å². The summed E-state index contributed by atoms with van der Waals surface area (Å²) < 4.78 is 34.5. The predicted molar refractivity (Wildman–Crippen MR) is 425 cm³/mol. The summed E-state index contributed by atoms with van der Waals surface area (Å²) in [5, 5.41) is 121. The van der Waals surface area contributed by atoms with E-state index in [4.69, 9.17) is 28.4 Å². The number of amides is 1. The van der Waals surface area contributed by atoms with Crippen LogP contribution in [0.3, 0.4) is 0 Å². The summed E-state index contributed by atoms with van der Waals surface area (Å²) >= 11 is 0. The van der Waals surface area contributed by atoms with E-state index in [1.165, 1.54) is 238 Å². The number of ether oxygens (including phenoxy) is 6. The van der Waals surface area contributed by atoms with Gasteiger partial charge in [0.25, 0.3) is 0 Å². The molecule has 1 amide bonds. The molecule has 0 spiro atoms. The van der Waals surface area contributed by atoms with Crippen LogP contribution in [0.2, 0.25) is 0 Å². The molecule has 0 aromatic rings. The first kappa shape index (κ1) is 97.4. The number of unbranched alkanes of at least 4 members (excludes halogenated alkanes) is 43. The second-order valence-electron chi connectivity index (χ2n) is 30.6. The van der Waals surface area contributed by atoms with Crippen LogP contribution in [0.5, 0.6) is 0 Å². The molecule has 106 heavy (non-hydrogen) atoms. The van der Waals surface area contributed by atoms with Gasteiger partial charge in [0.2, 0.25) is 5.91 Å². The highest BCUT2D eigenvalue weighted by Crippen LogP contribution is 2.33. The predicted octanol–water partition coefficient (Wildman–Crippen LogP) is 15.6. The van der Waals surface area contributed by atoms with Gasteiger partial charge in [-0.2, -0.15) is 0 Å². The molecule has 17 atom stereocenters. The molecule has 3 aliphatic rings. The molecule has 17 unspecified atom stereocenters. The maximum atomic E-state index is 13.5. The van der Waals surface area contributed by atoms with E-state index in [0.29, 0.717) is 6.42 Å². The zero-order valence-corrected chi connectivity index (χ0v) is 66.4. The van der Waals surface area contributed by atoms with Crippen LogP contribution < -0.4 is 5.32 Å². The Morgan fingerprint density at radius 1 is 0.349 bits per heavy atom. The Labute approximate surface area is 642 Å². The third kappa shape index (κ3) is 45.7. The second kappa shape index (κ2) is 66.8. The van der Waals surface area contributed by atoms with Crippen molar-refractivity contribution in [1.29, 1.82) is 0 Å². The molecule has 0 radical (unpaired) electrons. The first-order valence-corrected chi connectivity index (χ1v) is 43.2. The van der Waals surface area contributed by atoms with Gasteiger partial charge < -0.3 is 89.9 Å². The fourth-order valence-corrected chi connectivity index (χ4v) is 14.4. The monoisotopic (exact) mass is 1500 g/mol. The standard InChI is InChI=1S/C87H157NO18/c1-3-5-7-9-11-13-15-17-19-21-23-25-27-29-31-32-33-34-35-36-37-38-39-41-43-45-47-49-51-53-55-57-59-61-63-65-75(93)88-70(71(92)64-62-60-58-56-54-52-50-48-46-44-42-40-30-28-26-24-22-20-18-16-14-12-10-8-6-4-2)69-101-85-81(99)78(96)83(73(67-90)103-85)106-87-82(100)79(97)84(74(68-91)104-87)105-86-80(98)77(95)76(94)72(66-89)102-86/h5,7,11,13,17,19,23,25,29,31,62,64,70-74,76-87,89-92,94-100H,3-4,6,8-10,12,14-16,18,20-22,24,26-28,30,32-61,63,65-69H2,1-2H3,(H,88,93)/b7-5-,13-11-,19-17-,25-23-,31-29-,64-62+. The van der Waals surface area contributed by atoms with Gasteiger partial charge in [-0.1, -0.05) is 344 Å². The minimum absolute atomic E-state index is 0.244.